The summed E-state index contributed by atoms with van der Waals surface area (Å²) in [5.74, 6) is 0. The smallest absolute Gasteiger partial charge is 0.244 e. The van der Waals surface area contributed by atoms with E-state index < -0.39 is 10.0 Å². The number of rotatable bonds is 6. The third-order valence-corrected chi connectivity index (χ3v) is 5.23. The molecule has 1 rings (SSSR count). The van der Waals surface area contributed by atoms with Gasteiger partial charge in [0, 0.05) is 13.1 Å². The lowest BCUT2D eigenvalue weighted by Gasteiger charge is -2.21. The van der Waals surface area contributed by atoms with Crippen LogP contribution in [-0.4, -0.2) is 37.5 Å². The van der Waals surface area contributed by atoms with Crippen molar-refractivity contribution in [3.8, 4) is 0 Å². The topological polar surface area (TPSA) is 57.6 Å². The molecule has 0 saturated carbocycles. The summed E-state index contributed by atoms with van der Waals surface area (Å²) in [6.45, 7) is 1.99. The van der Waals surface area contributed by atoms with Crippen LogP contribution in [0.3, 0.4) is 0 Å². The Morgan fingerprint density at radius 1 is 1.28 bits per heavy atom. The van der Waals surface area contributed by atoms with Gasteiger partial charge in [-0.15, -0.1) is 0 Å². The molecule has 1 N–H and O–H groups in total. The Labute approximate surface area is 117 Å². The molecule has 0 aliphatic heterocycles. The Morgan fingerprint density at radius 3 is 2.50 bits per heavy atom. The summed E-state index contributed by atoms with van der Waals surface area (Å²) >= 11 is 11.7. The number of aliphatic hydroxyl groups is 1. The zero-order valence-corrected chi connectivity index (χ0v) is 12.3. The highest BCUT2D eigenvalue weighted by atomic mass is 35.5. The van der Waals surface area contributed by atoms with Crippen LogP contribution in [0.5, 0.6) is 0 Å². The summed E-state index contributed by atoms with van der Waals surface area (Å²) in [5.41, 5.74) is 0. The van der Waals surface area contributed by atoms with Crippen molar-refractivity contribution in [2.24, 2.45) is 0 Å². The maximum absolute atomic E-state index is 12.4. The van der Waals surface area contributed by atoms with Crippen LogP contribution in [0.15, 0.2) is 23.1 Å². The molecule has 0 unspecified atom stereocenters. The third kappa shape index (κ3) is 3.36. The average molecular weight is 312 g/mol. The molecule has 0 amide bonds. The summed E-state index contributed by atoms with van der Waals surface area (Å²) < 4.78 is 25.9. The second-order valence-electron chi connectivity index (χ2n) is 3.68. The van der Waals surface area contributed by atoms with Gasteiger partial charge in [0.05, 0.1) is 16.7 Å². The standard InChI is InChI=1S/C11H15Cl2NO3S/c1-2-6-14(7-8-15)18(16,17)10-5-3-4-9(12)11(10)13/h3-5,15H,2,6-8H2,1H3. The van der Waals surface area contributed by atoms with Crippen LogP contribution in [0.2, 0.25) is 10.0 Å². The first-order chi connectivity index (χ1) is 8.45. The highest BCUT2D eigenvalue weighted by Gasteiger charge is 2.26. The molecular weight excluding hydrogens is 297 g/mol. The van der Waals surface area contributed by atoms with E-state index in [1.165, 1.54) is 22.5 Å². The molecule has 0 aromatic heterocycles. The first kappa shape index (κ1) is 15.7. The fraction of sp³-hybridized carbons (Fsp3) is 0.455. The van der Waals surface area contributed by atoms with E-state index in [9.17, 15) is 8.42 Å². The molecule has 0 spiro atoms. The summed E-state index contributed by atoms with van der Waals surface area (Å²) in [5, 5.41) is 9.14. The minimum atomic E-state index is -3.72. The van der Waals surface area contributed by atoms with Crippen LogP contribution in [0.4, 0.5) is 0 Å². The van der Waals surface area contributed by atoms with Crippen LogP contribution in [0.25, 0.3) is 0 Å². The van der Waals surface area contributed by atoms with E-state index in [1.807, 2.05) is 6.92 Å². The number of nitrogens with zero attached hydrogens (tertiary/aromatic N) is 1. The quantitative estimate of drug-likeness (QED) is 0.877. The van der Waals surface area contributed by atoms with E-state index in [0.717, 1.165) is 0 Å². The zero-order valence-electron chi connectivity index (χ0n) is 9.94. The molecule has 0 heterocycles. The van der Waals surface area contributed by atoms with E-state index in [4.69, 9.17) is 28.3 Å². The fourth-order valence-electron chi connectivity index (χ4n) is 1.54. The number of halogens is 2. The molecule has 0 fully saturated rings. The molecule has 0 saturated heterocycles. The van der Waals surface area contributed by atoms with Crippen molar-refractivity contribution >= 4 is 33.2 Å². The number of hydrogen-bond donors (Lipinski definition) is 1. The van der Waals surface area contributed by atoms with Crippen molar-refractivity contribution in [1.29, 1.82) is 0 Å². The molecule has 0 radical (unpaired) electrons. The van der Waals surface area contributed by atoms with Crippen LogP contribution >= 0.6 is 23.2 Å². The van der Waals surface area contributed by atoms with Crippen LogP contribution in [-0.2, 0) is 10.0 Å². The van der Waals surface area contributed by atoms with Gasteiger partial charge in [0.15, 0.2) is 0 Å². The fourth-order valence-corrected chi connectivity index (χ4v) is 3.79. The van der Waals surface area contributed by atoms with Crippen LogP contribution in [0.1, 0.15) is 13.3 Å². The van der Waals surface area contributed by atoms with Crippen molar-refractivity contribution in [2.75, 3.05) is 19.7 Å². The molecule has 1 aromatic carbocycles. The predicted octanol–water partition coefficient (Wildman–Crippen LogP) is 2.39. The maximum atomic E-state index is 12.4. The first-order valence-electron chi connectivity index (χ1n) is 5.50. The first-order valence-corrected chi connectivity index (χ1v) is 7.69. The van der Waals surface area contributed by atoms with Gasteiger partial charge >= 0.3 is 0 Å². The molecule has 0 atom stereocenters. The van der Waals surface area contributed by atoms with Gasteiger partial charge in [-0.25, -0.2) is 8.42 Å². The highest BCUT2D eigenvalue weighted by Crippen LogP contribution is 2.30. The van der Waals surface area contributed by atoms with Crippen molar-refractivity contribution < 1.29 is 13.5 Å². The van der Waals surface area contributed by atoms with Crippen molar-refractivity contribution in [3.05, 3.63) is 28.2 Å². The Balaban J connectivity index is 3.22. The lowest BCUT2D eigenvalue weighted by molar-refractivity contribution is 0.253. The molecule has 4 nitrogen and oxygen atoms in total. The van der Waals surface area contributed by atoms with Gasteiger partial charge in [-0.3, -0.25) is 0 Å². The van der Waals surface area contributed by atoms with E-state index >= 15 is 0 Å². The van der Waals surface area contributed by atoms with E-state index in [2.05, 4.69) is 0 Å². The summed E-state index contributed by atoms with van der Waals surface area (Å²) in [6, 6.07) is 4.47. The molecule has 0 aliphatic carbocycles. The second-order valence-corrected chi connectivity index (χ2v) is 6.37. The van der Waals surface area contributed by atoms with Gasteiger partial charge < -0.3 is 5.11 Å². The number of benzene rings is 1. The van der Waals surface area contributed by atoms with Gasteiger partial charge in [0.1, 0.15) is 4.90 Å². The van der Waals surface area contributed by atoms with Gasteiger partial charge in [-0.05, 0) is 18.6 Å². The van der Waals surface area contributed by atoms with Crippen molar-refractivity contribution in [2.45, 2.75) is 18.2 Å². The molecule has 0 bridgehead atoms. The van der Waals surface area contributed by atoms with E-state index in [-0.39, 0.29) is 28.1 Å². The normalized spacial score (nSPS) is 12.1. The molecule has 102 valence electrons. The van der Waals surface area contributed by atoms with E-state index in [0.29, 0.717) is 13.0 Å². The number of hydrogen-bond acceptors (Lipinski definition) is 3. The largest absolute Gasteiger partial charge is 0.395 e. The van der Waals surface area contributed by atoms with Crippen molar-refractivity contribution in [1.82, 2.24) is 4.31 Å². The predicted molar refractivity (Wildman–Crippen MR) is 72.6 cm³/mol. The molecule has 1 aromatic rings. The minimum Gasteiger partial charge on any atom is -0.395 e. The summed E-state index contributed by atoms with van der Waals surface area (Å²) in [7, 11) is -3.72. The van der Waals surface area contributed by atoms with Crippen LogP contribution in [0, 0.1) is 0 Å². The third-order valence-electron chi connectivity index (χ3n) is 2.36. The lowest BCUT2D eigenvalue weighted by Crippen LogP contribution is -2.34. The summed E-state index contributed by atoms with van der Waals surface area (Å²) in [6.07, 6.45) is 0.650. The molecule has 18 heavy (non-hydrogen) atoms. The molecule has 7 heteroatoms. The summed E-state index contributed by atoms with van der Waals surface area (Å²) in [4.78, 5) is -0.0291. The maximum Gasteiger partial charge on any atom is 0.244 e. The number of sulfonamides is 1. The molecule has 0 aliphatic rings. The Morgan fingerprint density at radius 2 is 1.94 bits per heavy atom. The van der Waals surface area contributed by atoms with Crippen molar-refractivity contribution in [3.63, 3.8) is 0 Å². The zero-order chi connectivity index (χ0) is 13.8. The second kappa shape index (κ2) is 6.73. The van der Waals surface area contributed by atoms with Gasteiger partial charge in [0.25, 0.3) is 0 Å². The minimum absolute atomic E-state index is 0.0122. The Kier molecular flexibility index (Phi) is 5.88. The van der Waals surface area contributed by atoms with Gasteiger partial charge in [0.2, 0.25) is 10.0 Å². The van der Waals surface area contributed by atoms with Gasteiger partial charge in [-0.1, -0.05) is 36.2 Å². The van der Waals surface area contributed by atoms with E-state index in [1.54, 1.807) is 0 Å². The van der Waals surface area contributed by atoms with Gasteiger partial charge in [-0.2, -0.15) is 4.31 Å². The molecular formula is C11H15Cl2NO3S. The lowest BCUT2D eigenvalue weighted by atomic mass is 10.4. The Hall–Kier alpha value is -0.330. The highest BCUT2D eigenvalue weighted by molar-refractivity contribution is 7.89. The monoisotopic (exact) mass is 311 g/mol. The van der Waals surface area contributed by atoms with Crippen LogP contribution < -0.4 is 0 Å². The average Bonchev–Trinajstić information content (AvgIpc) is 2.32. The number of aliphatic hydroxyl groups excluding tert-OH is 1. The SMILES string of the molecule is CCCN(CCO)S(=O)(=O)c1cccc(Cl)c1Cl. The Bertz CT molecular complexity index is 499.